The predicted molar refractivity (Wildman–Crippen MR) is 75.3 cm³/mol. The van der Waals surface area contributed by atoms with Gasteiger partial charge >= 0.3 is 5.97 Å². The Bertz CT molecular complexity index is 301. The van der Waals surface area contributed by atoms with Gasteiger partial charge in [0, 0.05) is 31.7 Å². The molecule has 2 fully saturated rings. The Labute approximate surface area is 115 Å². The number of carbonyl (C=O) groups is 1. The van der Waals surface area contributed by atoms with Crippen molar-refractivity contribution < 1.29 is 9.90 Å². The Morgan fingerprint density at radius 1 is 1.32 bits per heavy atom. The fraction of sp³-hybridized carbons (Fsp3) is 0.929. The quantitative estimate of drug-likeness (QED) is 0.777. The molecule has 5 heteroatoms. The minimum Gasteiger partial charge on any atom is -0.480 e. The van der Waals surface area contributed by atoms with Crippen molar-refractivity contribution >= 4 is 5.97 Å². The maximum Gasteiger partial charge on any atom is 0.317 e. The number of carboxylic acids is 1. The number of aliphatic carboxylic acids is 1. The molecule has 110 valence electrons. The third-order valence-corrected chi connectivity index (χ3v) is 4.59. The Morgan fingerprint density at radius 3 is 2.58 bits per heavy atom. The SMILES string of the molecule is CC(C)N1CCC(C2CNCCN2CC(=O)O)CC1. The van der Waals surface area contributed by atoms with Gasteiger partial charge in [-0.2, -0.15) is 0 Å². The first kappa shape index (κ1) is 14.8. The molecule has 1 atom stereocenters. The van der Waals surface area contributed by atoms with Crippen molar-refractivity contribution in [3.8, 4) is 0 Å². The molecule has 0 aliphatic carbocycles. The number of hydrogen-bond donors (Lipinski definition) is 2. The molecular formula is C14H27N3O2. The molecule has 0 radical (unpaired) electrons. The number of nitrogens with one attached hydrogen (secondary N) is 1. The summed E-state index contributed by atoms with van der Waals surface area (Å²) in [5.41, 5.74) is 0. The van der Waals surface area contributed by atoms with Crippen LogP contribution >= 0.6 is 0 Å². The van der Waals surface area contributed by atoms with Crippen LogP contribution in [0.15, 0.2) is 0 Å². The minimum atomic E-state index is -0.702. The number of likely N-dealkylation sites (tertiary alicyclic amines) is 1. The maximum atomic E-state index is 11.0. The fourth-order valence-corrected chi connectivity index (χ4v) is 3.42. The van der Waals surface area contributed by atoms with Gasteiger partial charge in [0.05, 0.1) is 6.54 Å². The van der Waals surface area contributed by atoms with Crippen LogP contribution in [-0.4, -0.2) is 72.2 Å². The molecule has 2 heterocycles. The van der Waals surface area contributed by atoms with E-state index in [0.29, 0.717) is 18.0 Å². The molecule has 0 amide bonds. The van der Waals surface area contributed by atoms with E-state index in [-0.39, 0.29) is 6.54 Å². The highest BCUT2D eigenvalue weighted by atomic mass is 16.4. The van der Waals surface area contributed by atoms with E-state index in [1.54, 1.807) is 0 Å². The summed E-state index contributed by atoms with van der Waals surface area (Å²) in [5.74, 6) is -0.0614. The van der Waals surface area contributed by atoms with Gasteiger partial charge in [0.2, 0.25) is 0 Å². The molecular weight excluding hydrogens is 242 g/mol. The Kier molecular flexibility index (Phi) is 5.19. The topological polar surface area (TPSA) is 55.8 Å². The van der Waals surface area contributed by atoms with Gasteiger partial charge in [-0.3, -0.25) is 9.69 Å². The van der Waals surface area contributed by atoms with Crippen LogP contribution in [0, 0.1) is 5.92 Å². The monoisotopic (exact) mass is 269 g/mol. The van der Waals surface area contributed by atoms with Crippen molar-refractivity contribution in [3.05, 3.63) is 0 Å². The molecule has 0 saturated carbocycles. The number of carboxylic acid groups (broad SMARTS) is 1. The number of rotatable bonds is 4. The second-order valence-corrected chi connectivity index (χ2v) is 6.10. The zero-order valence-electron chi connectivity index (χ0n) is 12.1. The molecule has 2 rings (SSSR count). The van der Waals surface area contributed by atoms with E-state index in [1.807, 2.05) is 0 Å². The van der Waals surface area contributed by atoms with Gasteiger partial charge in [0.25, 0.3) is 0 Å². The van der Waals surface area contributed by atoms with E-state index in [0.717, 1.165) is 32.7 Å². The average Bonchev–Trinajstić information content (AvgIpc) is 2.39. The third kappa shape index (κ3) is 3.91. The van der Waals surface area contributed by atoms with Gasteiger partial charge in [-0.25, -0.2) is 0 Å². The molecule has 2 aliphatic heterocycles. The van der Waals surface area contributed by atoms with E-state index in [1.165, 1.54) is 12.8 Å². The van der Waals surface area contributed by atoms with Crippen LogP contribution < -0.4 is 5.32 Å². The summed E-state index contributed by atoms with van der Waals surface area (Å²) in [5, 5.41) is 12.4. The Balaban J connectivity index is 1.90. The molecule has 2 saturated heterocycles. The van der Waals surface area contributed by atoms with Gasteiger partial charge in [0.1, 0.15) is 0 Å². The standard InChI is InChI=1S/C14H27N3O2/c1-11(2)16-6-3-12(4-7-16)13-9-15-5-8-17(13)10-14(18)19/h11-13,15H,3-10H2,1-2H3,(H,18,19). The molecule has 1 unspecified atom stereocenters. The smallest absolute Gasteiger partial charge is 0.317 e. The van der Waals surface area contributed by atoms with E-state index in [2.05, 4.69) is 29.0 Å². The van der Waals surface area contributed by atoms with Gasteiger partial charge in [-0.05, 0) is 45.7 Å². The number of nitrogens with zero attached hydrogens (tertiary/aromatic N) is 2. The normalized spacial score (nSPS) is 27.8. The summed E-state index contributed by atoms with van der Waals surface area (Å²) in [6.07, 6.45) is 2.39. The zero-order valence-corrected chi connectivity index (χ0v) is 12.1. The highest BCUT2D eigenvalue weighted by Gasteiger charge is 2.33. The van der Waals surface area contributed by atoms with E-state index in [9.17, 15) is 4.79 Å². The van der Waals surface area contributed by atoms with E-state index < -0.39 is 5.97 Å². The molecule has 0 bridgehead atoms. The largest absolute Gasteiger partial charge is 0.480 e. The molecule has 19 heavy (non-hydrogen) atoms. The van der Waals surface area contributed by atoms with Gasteiger partial charge < -0.3 is 15.3 Å². The molecule has 2 aliphatic rings. The summed E-state index contributed by atoms with van der Waals surface area (Å²) >= 11 is 0. The van der Waals surface area contributed by atoms with Crippen molar-refractivity contribution in [2.75, 3.05) is 39.3 Å². The molecule has 0 aromatic heterocycles. The van der Waals surface area contributed by atoms with Gasteiger partial charge in [0.15, 0.2) is 0 Å². The van der Waals surface area contributed by atoms with Crippen LogP contribution in [0.1, 0.15) is 26.7 Å². The Hall–Kier alpha value is -0.650. The molecule has 0 aromatic carbocycles. The first-order chi connectivity index (χ1) is 9.08. The van der Waals surface area contributed by atoms with Gasteiger partial charge in [-0.1, -0.05) is 0 Å². The first-order valence-corrected chi connectivity index (χ1v) is 7.48. The van der Waals surface area contributed by atoms with Crippen LogP contribution in [0.4, 0.5) is 0 Å². The second kappa shape index (κ2) is 6.68. The average molecular weight is 269 g/mol. The minimum absolute atomic E-state index is 0.191. The maximum absolute atomic E-state index is 11.0. The van der Waals surface area contributed by atoms with Crippen LogP contribution in [0.5, 0.6) is 0 Å². The summed E-state index contributed by atoms with van der Waals surface area (Å²) in [4.78, 5) is 15.7. The number of hydrogen-bond acceptors (Lipinski definition) is 4. The van der Waals surface area contributed by atoms with E-state index in [4.69, 9.17) is 5.11 Å². The zero-order chi connectivity index (χ0) is 13.8. The molecule has 2 N–H and O–H groups in total. The first-order valence-electron chi connectivity index (χ1n) is 7.48. The van der Waals surface area contributed by atoms with Gasteiger partial charge in [-0.15, -0.1) is 0 Å². The lowest BCUT2D eigenvalue weighted by Crippen LogP contribution is -2.57. The summed E-state index contributed by atoms with van der Waals surface area (Å²) in [6.45, 7) is 9.71. The van der Waals surface area contributed by atoms with Crippen molar-refractivity contribution in [1.82, 2.24) is 15.1 Å². The summed E-state index contributed by atoms with van der Waals surface area (Å²) < 4.78 is 0. The van der Waals surface area contributed by atoms with E-state index >= 15 is 0 Å². The van der Waals surface area contributed by atoms with Crippen molar-refractivity contribution in [3.63, 3.8) is 0 Å². The van der Waals surface area contributed by atoms with Crippen molar-refractivity contribution in [2.24, 2.45) is 5.92 Å². The molecule has 0 aromatic rings. The van der Waals surface area contributed by atoms with Crippen LogP contribution in [0.25, 0.3) is 0 Å². The van der Waals surface area contributed by atoms with Crippen molar-refractivity contribution in [2.45, 2.75) is 38.8 Å². The highest BCUT2D eigenvalue weighted by molar-refractivity contribution is 5.69. The van der Waals surface area contributed by atoms with Crippen LogP contribution in [0.2, 0.25) is 0 Å². The fourth-order valence-electron chi connectivity index (χ4n) is 3.42. The lowest BCUT2D eigenvalue weighted by Gasteiger charge is -2.44. The predicted octanol–water partition coefficient (Wildman–Crippen LogP) is 0.465. The number of piperidine rings is 1. The third-order valence-electron chi connectivity index (χ3n) is 4.59. The summed E-state index contributed by atoms with van der Waals surface area (Å²) in [6, 6.07) is 1.03. The summed E-state index contributed by atoms with van der Waals surface area (Å²) in [7, 11) is 0. The number of piperazine rings is 1. The second-order valence-electron chi connectivity index (χ2n) is 6.10. The highest BCUT2D eigenvalue weighted by Crippen LogP contribution is 2.25. The van der Waals surface area contributed by atoms with Crippen molar-refractivity contribution in [1.29, 1.82) is 0 Å². The molecule has 0 spiro atoms. The van der Waals surface area contributed by atoms with Crippen LogP contribution in [-0.2, 0) is 4.79 Å². The lowest BCUT2D eigenvalue weighted by molar-refractivity contribution is -0.139. The van der Waals surface area contributed by atoms with Crippen LogP contribution in [0.3, 0.4) is 0 Å². The Morgan fingerprint density at radius 2 is 2.00 bits per heavy atom. The molecule has 5 nitrogen and oxygen atoms in total. The lowest BCUT2D eigenvalue weighted by atomic mass is 9.87.